The lowest BCUT2D eigenvalue weighted by molar-refractivity contribution is -0.376. The van der Waals surface area contributed by atoms with Gasteiger partial charge in [0.2, 0.25) is 0 Å². The minimum Gasteiger partial charge on any atom is -0.369 e. The molecule has 0 unspecified atom stereocenters. The second-order valence-corrected chi connectivity index (χ2v) is 4.50. The normalized spacial score (nSPS) is 13.2. The SMILES string of the molecule is OC(c1ccc(-c2ccccn2)cc1)(C(F)(F)F)C(F)(F)F. The van der Waals surface area contributed by atoms with E-state index in [0.29, 0.717) is 23.4 Å². The minimum atomic E-state index is -5.89. The van der Waals surface area contributed by atoms with Crippen LogP contribution in [0.2, 0.25) is 0 Å². The molecule has 1 aromatic heterocycles. The molecular formula is C14H9F6NO. The Balaban J connectivity index is 2.48. The van der Waals surface area contributed by atoms with Gasteiger partial charge in [0.15, 0.2) is 0 Å². The quantitative estimate of drug-likeness (QED) is 0.846. The fraction of sp³-hybridized carbons (Fsp3) is 0.214. The van der Waals surface area contributed by atoms with Crippen LogP contribution in [0.25, 0.3) is 11.3 Å². The largest absolute Gasteiger partial charge is 0.430 e. The Labute approximate surface area is 121 Å². The van der Waals surface area contributed by atoms with Gasteiger partial charge in [0, 0.05) is 17.3 Å². The molecule has 8 heteroatoms. The fourth-order valence-electron chi connectivity index (χ4n) is 1.90. The van der Waals surface area contributed by atoms with Crippen molar-refractivity contribution in [2.24, 2.45) is 0 Å². The maximum Gasteiger partial charge on any atom is 0.430 e. The fourth-order valence-corrected chi connectivity index (χ4v) is 1.90. The van der Waals surface area contributed by atoms with Gasteiger partial charge in [-0.1, -0.05) is 30.3 Å². The summed E-state index contributed by atoms with van der Waals surface area (Å²) >= 11 is 0. The average molecular weight is 321 g/mol. The van der Waals surface area contributed by atoms with Crippen molar-refractivity contribution in [3.63, 3.8) is 0 Å². The molecule has 1 N–H and O–H groups in total. The molecule has 0 fully saturated rings. The van der Waals surface area contributed by atoms with E-state index in [1.54, 1.807) is 18.2 Å². The second-order valence-electron chi connectivity index (χ2n) is 4.50. The zero-order chi connectivity index (χ0) is 16.6. The van der Waals surface area contributed by atoms with Crippen molar-refractivity contribution in [2.45, 2.75) is 18.0 Å². The van der Waals surface area contributed by atoms with Crippen LogP contribution in [-0.4, -0.2) is 22.4 Å². The molecule has 0 spiro atoms. The Morgan fingerprint density at radius 1 is 0.773 bits per heavy atom. The van der Waals surface area contributed by atoms with E-state index in [4.69, 9.17) is 0 Å². The van der Waals surface area contributed by atoms with E-state index >= 15 is 0 Å². The molecule has 0 amide bonds. The molecule has 0 aliphatic rings. The smallest absolute Gasteiger partial charge is 0.369 e. The van der Waals surface area contributed by atoms with Crippen LogP contribution >= 0.6 is 0 Å². The third-order valence-corrected chi connectivity index (χ3v) is 3.08. The number of aromatic nitrogens is 1. The van der Waals surface area contributed by atoms with Crippen LogP contribution < -0.4 is 0 Å². The summed E-state index contributed by atoms with van der Waals surface area (Å²) in [6.07, 6.45) is -10.3. The molecule has 0 radical (unpaired) electrons. The Hall–Kier alpha value is -2.09. The Bertz CT molecular complexity index is 619. The Morgan fingerprint density at radius 2 is 1.32 bits per heavy atom. The summed E-state index contributed by atoms with van der Waals surface area (Å²) in [6, 6.07) is 8.05. The van der Waals surface area contributed by atoms with Crippen molar-refractivity contribution in [1.29, 1.82) is 0 Å². The standard InChI is InChI=1S/C14H9F6NO/c15-13(16,17)12(22,14(18,19)20)10-6-4-9(5-7-10)11-3-1-2-8-21-11/h1-8,22H. The zero-order valence-corrected chi connectivity index (χ0v) is 10.8. The molecule has 118 valence electrons. The van der Waals surface area contributed by atoms with Gasteiger partial charge in [-0.3, -0.25) is 4.98 Å². The molecule has 0 atom stereocenters. The topological polar surface area (TPSA) is 33.1 Å². The summed E-state index contributed by atoms with van der Waals surface area (Å²) in [6.45, 7) is 0. The number of hydrogen-bond donors (Lipinski definition) is 1. The van der Waals surface area contributed by atoms with Crippen LogP contribution in [0.1, 0.15) is 5.56 Å². The van der Waals surface area contributed by atoms with Crippen molar-refractivity contribution in [2.75, 3.05) is 0 Å². The van der Waals surface area contributed by atoms with Crippen LogP contribution in [0.3, 0.4) is 0 Å². The molecule has 0 aliphatic carbocycles. The van der Waals surface area contributed by atoms with Crippen molar-refractivity contribution in [1.82, 2.24) is 4.98 Å². The van der Waals surface area contributed by atoms with Crippen molar-refractivity contribution >= 4 is 0 Å². The highest BCUT2D eigenvalue weighted by atomic mass is 19.4. The molecule has 0 aliphatic heterocycles. The molecule has 2 aromatic rings. The molecule has 2 nitrogen and oxygen atoms in total. The van der Waals surface area contributed by atoms with Gasteiger partial charge in [-0.05, 0) is 12.1 Å². The maximum absolute atomic E-state index is 12.7. The minimum absolute atomic E-state index is 0.330. The summed E-state index contributed by atoms with van der Waals surface area (Å²) < 4.78 is 76.4. The first-order valence-corrected chi connectivity index (χ1v) is 5.95. The molecule has 0 bridgehead atoms. The molecule has 2 rings (SSSR count). The summed E-state index contributed by atoms with van der Waals surface area (Å²) in [7, 11) is 0. The van der Waals surface area contributed by atoms with Crippen LogP contribution in [0.5, 0.6) is 0 Å². The zero-order valence-electron chi connectivity index (χ0n) is 10.8. The Kier molecular flexibility index (Phi) is 3.90. The predicted molar refractivity (Wildman–Crippen MR) is 65.7 cm³/mol. The maximum atomic E-state index is 12.7. The van der Waals surface area contributed by atoms with Gasteiger partial charge in [-0.15, -0.1) is 0 Å². The van der Waals surface area contributed by atoms with Crippen LogP contribution in [-0.2, 0) is 5.60 Å². The van der Waals surface area contributed by atoms with E-state index in [1.165, 1.54) is 6.20 Å². The van der Waals surface area contributed by atoms with Gasteiger partial charge in [0.1, 0.15) is 0 Å². The van der Waals surface area contributed by atoms with E-state index in [2.05, 4.69) is 4.98 Å². The van der Waals surface area contributed by atoms with Crippen molar-refractivity contribution in [3.8, 4) is 11.3 Å². The second kappa shape index (κ2) is 5.28. The van der Waals surface area contributed by atoms with Gasteiger partial charge in [-0.2, -0.15) is 26.3 Å². The number of hydrogen-bond acceptors (Lipinski definition) is 2. The number of pyridine rings is 1. The third kappa shape index (κ3) is 2.66. The molecule has 0 saturated carbocycles. The van der Waals surface area contributed by atoms with Crippen molar-refractivity contribution in [3.05, 3.63) is 54.2 Å². The third-order valence-electron chi connectivity index (χ3n) is 3.08. The van der Waals surface area contributed by atoms with E-state index in [-0.39, 0.29) is 0 Å². The van der Waals surface area contributed by atoms with E-state index in [1.807, 2.05) is 0 Å². The van der Waals surface area contributed by atoms with E-state index in [9.17, 15) is 31.4 Å². The molecule has 1 aromatic carbocycles. The van der Waals surface area contributed by atoms with Crippen LogP contribution in [0, 0.1) is 0 Å². The first kappa shape index (κ1) is 16.3. The highest BCUT2D eigenvalue weighted by Crippen LogP contribution is 2.50. The molecule has 0 saturated heterocycles. The van der Waals surface area contributed by atoms with Crippen LogP contribution in [0.4, 0.5) is 26.3 Å². The summed E-state index contributed by atoms with van der Waals surface area (Å²) in [5, 5.41) is 9.25. The number of nitrogens with zero attached hydrogens (tertiary/aromatic N) is 1. The highest BCUT2D eigenvalue weighted by molar-refractivity contribution is 5.59. The van der Waals surface area contributed by atoms with Crippen LogP contribution in [0.15, 0.2) is 48.7 Å². The first-order chi connectivity index (χ1) is 10.1. The molecule has 22 heavy (non-hydrogen) atoms. The summed E-state index contributed by atoms with van der Waals surface area (Å²) in [5.41, 5.74) is -5.50. The lowest BCUT2D eigenvalue weighted by Gasteiger charge is -2.32. The number of rotatable bonds is 2. The predicted octanol–water partition coefficient (Wildman–Crippen LogP) is 4.06. The monoisotopic (exact) mass is 321 g/mol. The Morgan fingerprint density at radius 3 is 1.73 bits per heavy atom. The van der Waals surface area contributed by atoms with Gasteiger partial charge < -0.3 is 5.11 Å². The van der Waals surface area contributed by atoms with E-state index in [0.717, 1.165) is 12.1 Å². The summed E-state index contributed by atoms with van der Waals surface area (Å²) in [5.74, 6) is 0. The van der Waals surface area contributed by atoms with Gasteiger partial charge >= 0.3 is 12.4 Å². The highest BCUT2D eigenvalue weighted by Gasteiger charge is 2.71. The van der Waals surface area contributed by atoms with Crippen molar-refractivity contribution < 1.29 is 31.4 Å². The lowest BCUT2D eigenvalue weighted by Crippen LogP contribution is -2.53. The lowest BCUT2D eigenvalue weighted by atomic mass is 9.91. The number of halogens is 6. The molecular weight excluding hydrogens is 312 g/mol. The van der Waals surface area contributed by atoms with Gasteiger partial charge in [0.25, 0.3) is 5.60 Å². The van der Waals surface area contributed by atoms with Gasteiger partial charge in [0.05, 0.1) is 5.69 Å². The molecule has 1 heterocycles. The van der Waals surface area contributed by atoms with Gasteiger partial charge in [-0.25, -0.2) is 0 Å². The number of aliphatic hydroxyl groups is 1. The van der Waals surface area contributed by atoms with E-state index < -0.39 is 23.5 Å². The first-order valence-electron chi connectivity index (χ1n) is 5.95. The summed E-state index contributed by atoms with van der Waals surface area (Å²) in [4.78, 5) is 3.93. The average Bonchev–Trinajstić information content (AvgIpc) is 2.45. The number of alkyl halides is 6. The number of benzene rings is 1.